The largest absolute Gasteiger partial charge is 0.265 e. The van der Waals surface area contributed by atoms with Crippen molar-refractivity contribution in [2.45, 2.75) is 4.90 Å². The molecule has 0 aliphatic heterocycles. The summed E-state index contributed by atoms with van der Waals surface area (Å²) in [5.74, 6) is -0.149. The van der Waals surface area contributed by atoms with Gasteiger partial charge in [0, 0.05) is 11.2 Å². The minimum atomic E-state index is -3.93. The van der Waals surface area contributed by atoms with Gasteiger partial charge in [-0.05, 0) is 24.3 Å². The molecule has 0 bridgehead atoms. The van der Waals surface area contributed by atoms with Crippen LogP contribution >= 0.6 is 34.8 Å². The molecule has 0 fully saturated rings. The molecule has 0 aliphatic rings. The van der Waals surface area contributed by atoms with Gasteiger partial charge < -0.3 is 0 Å². The summed E-state index contributed by atoms with van der Waals surface area (Å²) in [6.07, 6.45) is 1.33. The Hall–Kier alpha value is -1.08. The van der Waals surface area contributed by atoms with Gasteiger partial charge in [0.05, 0.1) is 5.02 Å². The third kappa shape index (κ3) is 3.48. The quantitative estimate of drug-likeness (QED) is 0.872. The second-order valence-electron chi connectivity index (χ2n) is 3.38. The monoisotopic (exact) mass is 337 g/mol. The minimum Gasteiger partial charge on any atom is -0.247 e. The molecule has 100 valence electrons. The third-order valence-corrected chi connectivity index (χ3v) is 4.29. The number of rotatable bonds is 3. The van der Waals surface area contributed by atoms with E-state index in [9.17, 15) is 8.42 Å². The molecule has 19 heavy (non-hydrogen) atoms. The van der Waals surface area contributed by atoms with Gasteiger partial charge in [0.15, 0.2) is 0 Å². The fourth-order valence-electron chi connectivity index (χ4n) is 1.24. The number of nitrogens with one attached hydrogen (secondary N) is 1. The van der Waals surface area contributed by atoms with Crippen molar-refractivity contribution in [1.82, 2.24) is 9.97 Å². The van der Waals surface area contributed by atoms with Gasteiger partial charge in [0.25, 0.3) is 10.0 Å². The maximum Gasteiger partial charge on any atom is 0.265 e. The van der Waals surface area contributed by atoms with Crippen LogP contribution in [-0.2, 0) is 10.0 Å². The molecule has 2 aromatic rings. The van der Waals surface area contributed by atoms with Gasteiger partial charge in [0.1, 0.15) is 10.0 Å². The van der Waals surface area contributed by atoms with Gasteiger partial charge in [-0.25, -0.2) is 23.1 Å². The average Bonchev–Trinajstić information content (AvgIpc) is 2.31. The number of anilines is 1. The first-order chi connectivity index (χ1) is 8.88. The lowest BCUT2D eigenvalue weighted by Crippen LogP contribution is -2.15. The van der Waals surface area contributed by atoms with E-state index in [0.717, 1.165) is 0 Å². The lowest BCUT2D eigenvalue weighted by molar-refractivity contribution is 0.601. The molecule has 1 heterocycles. The first-order valence-corrected chi connectivity index (χ1v) is 7.46. The van der Waals surface area contributed by atoms with Crippen LogP contribution in [0.3, 0.4) is 0 Å². The maximum atomic E-state index is 12.1. The first kappa shape index (κ1) is 14.3. The van der Waals surface area contributed by atoms with Crippen molar-refractivity contribution in [3.8, 4) is 0 Å². The molecule has 5 nitrogen and oxygen atoms in total. The third-order valence-electron chi connectivity index (χ3n) is 2.03. The molecule has 0 atom stereocenters. The highest BCUT2D eigenvalue weighted by Crippen LogP contribution is 2.26. The van der Waals surface area contributed by atoms with Crippen molar-refractivity contribution in [1.29, 1.82) is 0 Å². The second kappa shape index (κ2) is 5.50. The number of halogens is 3. The number of aromatic nitrogens is 2. The SMILES string of the molecule is O=S(=O)(Nc1nccc(Cl)n1)c1cc(Cl)ccc1Cl. The van der Waals surface area contributed by atoms with Crippen molar-refractivity contribution in [3.05, 3.63) is 45.7 Å². The van der Waals surface area contributed by atoms with Crippen LogP contribution in [0.25, 0.3) is 0 Å². The topological polar surface area (TPSA) is 72.0 Å². The Morgan fingerprint density at radius 1 is 1.11 bits per heavy atom. The Kier molecular flexibility index (Phi) is 4.15. The smallest absolute Gasteiger partial charge is 0.247 e. The minimum absolute atomic E-state index is 0.0407. The van der Waals surface area contributed by atoms with E-state index in [2.05, 4.69) is 14.7 Å². The van der Waals surface area contributed by atoms with Gasteiger partial charge in [-0.1, -0.05) is 34.8 Å². The molecule has 0 aliphatic carbocycles. The maximum absolute atomic E-state index is 12.1. The average molecular weight is 339 g/mol. The Morgan fingerprint density at radius 2 is 1.84 bits per heavy atom. The number of hydrogen-bond acceptors (Lipinski definition) is 4. The molecular formula is C10H6Cl3N3O2S. The van der Waals surface area contributed by atoms with Crippen LogP contribution in [0.5, 0.6) is 0 Å². The molecule has 1 aromatic carbocycles. The van der Waals surface area contributed by atoms with E-state index in [0.29, 0.717) is 0 Å². The predicted octanol–water partition coefficient (Wildman–Crippen LogP) is 3.24. The summed E-state index contributed by atoms with van der Waals surface area (Å²) >= 11 is 17.2. The molecule has 2 rings (SSSR count). The number of nitrogens with zero attached hydrogens (tertiary/aromatic N) is 2. The van der Waals surface area contributed by atoms with Crippen molar-refractivity contribution in [2.24, 2.45) is 0 Å². The van der Waals surface area contributed by atoms with Crippen LogP contribution in [0, 0.1) is 0 Å². The fraction of sp³-hybridized carbons (Fsp3) is 0. The van der Waals surface area contributed by atoms with E-state index < -0.39 is 10.0 Å². The summed E-state index contributed by atoms with van der Waals surface area (Å²) in [6, 6.07) is 5.53. The molecule has 0 saturated carbocycles. The standard InChI is InChI=1S/C10H6Cl3N3O2S/c11-6-1-2-7(12)8(5-6)19(17,18)16-10-14-4-3-9(13)15-10/h1-5H,(H,14,15,16). The van der Waals surface area contributed by atoms with E-state index in [4.69, 9.17) is 34.8 Å². The van der Waals surface area contributed by atoms with E-state index >= 15 is 0 Å². The van der Waals surface area contributed by atoms with Crippen LogP contribution in [0.15, 0.2) is 35.4 Å². The van der Waals surface area contributed by atoms with Gasteiger partial charge in [-0.2, -0.15) is 0 Å². The van der Waals surface area contributed by atoms with E-state index in [1.807, 2.05) is 0 Å². The van der Waals surface area contributed by atoms with Crippen molar-refractivity contribution in [3.63, 3.8) is 0 Å². The van der Waals surface area contributed by atoms with E-state index in [-0.39, 0.29) is 26.0 Å². The van der Waals surface area contributed by atoms with E-state index in [1.165, 1.54) is 30.5 Å². The van der Waals surface area contributed by atoms with Crippen molar-refractivity contribution < 1.29 is 8.42 Å². The van der Waals surface area contributed by atoms with Crippen LogP contribution in [0.2, 0.25) is 15.2 Å². The highest BCUT2D eigenvalue weighted by Gasteiger charge is 2.19. The zero-order valence-electron chi connectivity index (χ0n) is 9.14. The molecule has 0 amide bonds. The Labute approximate surface area is 124 Å². The molecule has 9 heteroatoms. The molecule has 1 N–H and O–H groups in total. The molecule has 0 saturated heterocycles. The van der Waals surface area contributed by atoms with Crippen molar-refractivity contribution in [2.75, 3.05) is 4.72 Å². The number of hydrogen-bond donors (Lipinski definition) is 1. The summed E-state index contributed by atoms with van der Waals surface area (Å²) in [5.41, 5.74) is 0. The Morgan fingerprint density at radius 3 is 2.53 bits per heavy atom. The summed E-state index contributed by atoms with van der Waals surface area (Å²) in [4.78, 5) is 7.30. The lowest BCUT2D eigenvalue weighted by atomic mass is 10.4. The highest BCUT2D eigenvalue weighted by molar-refractivity contribution is 7.92. The predicted molar refractivity (Wildman–Crippen MR) is 74.3 cm³/mol. The second-order valence-corrected chi connectivity index (χ2v) is 6.26. The van der Waals surface area contributed by atoms with Gasteiger partial charge in [-0.3, -0.25) is 0 Å². The molecule has 0 radical (unpaired) electrons. The van der Waals surface area contributed by atoms with Crippen molar-refractivity contribution >= 4 is 50.8 Å². The van der Waals surface area contributed by atoms with Crippen LogP contribution in [0.4, 0.5) is 5.95 Å². The zero-order chi connectivity index (χ0) is 14.0. The van der Waals surface area contributed by atoms with E-state index in [1.54, 1.807) is 0 Å². The summed E-state index contributed by atoms with van der Waals surface area (Å²) < 4.78 is 26.4. The fourth-order valence-corrected chi connectivity index (χ4v) is 3.10. The summed E-state index contributed by atoms with van der Waals surface area (Å²) in [6.45, 7) is 0. The first-order valence-electron chi connectivity index (χ1n) is 4.85. The molecule has 1 aromatic heterocycles. The van der Waals surface area contributed by atoms with Gasteiger partial charge >= 0.3 is 0 Å². The lowest BCUT2D eigenvalue weighted by Gasteiger charge is -2.08. The zero-order valence-corrected chi connectivity index (χ0v) is 12.2. The summed E-state index contributed by atoms with van der Waals surface area (Å²) in [7, 11) is -3.93. The molecular weight excluding hydrogens is 333 g/mol. The van der Waals surface area contributed by atoms with Crippen LogP contribution in [-0.4, -0.2) is 18.4 Å². The normalized spacial score (nSPS) is 11.3. The van der Waals surface area contributed by atoms with Gasteiger partial charge in [0.2, 0.25) is 5.95 Å². The summed E-state index contributed by atoms with van der Waals surface area (Å²) in [5, 5.41) is 0.403. The highest BCUT2D eigenvalue weighted by atomic mass is 35.5. The molecule has 0 unspecified atom stereocenters. The number of benzene rings is 1. The van der Waals surface area contributed by atoms with Crippen LogP contribution < -0.4 is 4.72 Å². The van der Waals surface area contributed by atoms with Crippen LogP contribution in [0.1, 0.15) is 0 Å². The Bertz CT molecular complexity index is 722. The molecule has 0 spiro atoms. The van der Waals surface area contributed by atoms with Gasteiger partial charge in [-0.15, -0.1) is 0 Å². The Balaban J connectivity index is 2.40. The number of sulfonamides is 1.